The second-order valence-electron chi connectivity index (χ2n) is 3.63. The Morgan fingerprint density at radius 1 is 1.47 bits per heavy atom. The molecule has 0 aliphatic carbocycles. The van der Waals surface area contributed by atoms with Crippen molar-refractivity contribution in [2.75, 3.05) is 13.7 Å². The van der Waals surface area contributed by atoms with E-state index in [0.717, 1.165) is 0 Å². The van der Waals surface area contributed by atoms with Gasteiger partial charge in [0.1, 0.15) is 10.8 Å². The number of carboxylic acids is 1. The molecule has 6 nitrogen and oxygen atoms in total. The molecule has 19 heavy (non-hydrogen) atoms. The standard InChI is InChI=1S/C11H12Cl2N2O4/c1-19-6(4-9(16)17)5-14-11(18)10-7(12)2-3-8(13)15-10/h2-3,6H,4-5H2,1H3,(H,14,18)(H,16,17). The SMILES string of the molecule is COC(CNC(=O)c1nc(Cl)ccc1Cl)CC(=O)O. The third kappa shape index (κ3) is 5.02. The molecule has 1 heterocycles. The lowest BCUT2D eigenvalue weighted by molar-refractivity contribution is -0.139. The van der Waals surface area contributed by atoms with Crippen LogP contribution in [-0.4, -0.2) is 41.7 Å². The van der Waals surface area contributed by atoms with Crippen molar-refractivity contribution < 1.29 is 19.4 Å². The van der Waals surface area contributed by atoms with E-state index in [9.17, 15) is 9.59 Å². The van der Waals surface area contributed by atoms with Gasteiger partial charge >= 0.3 is 5.97 Å². The van der Waals surface area contributed by atoms with Gasteiger partial charge in [-0.05, 0) is 12.1 Å². The maximum Gasteiger partial charge on any atom is 0.306 e. The average Bonchev–Trinajstić information content (AvgIpc) is 2.36. The largest absolute Gasteiger partial charge is 0.481 e. The number of carboxylic acid groups (broad SMARTS) is 1. The fourth-order valence-electron chi connectivity index (χ4n) is 1.30. The van der Waals surface area contributed by atoms with Gasteiger partial charge in [0, 0.05) is 13.7 Å². The van der Waals surface area contributed by atoms with E-state index in [1.54, 1.807) is 0 Å². The fourth-order valence-corrected chi connectivity index (χ4v) is 1.64. The topological polar surface area (TPSA) is 88.5 Å². The average molecular weight is 307 g/mol. The predicted molar refractivity (Wildman–Crippen MR) is 69.6 cm³/mol. The molecule has 1 amide bonds. The predicted octanol–water partition coefficient (Wildman–Crippen LogP) is 1.61. The zero-order valence-corrected chi connectivity index (χ0v) is 11.5. The Morgan fingerprint density at radius 3 is 2.74 bits per heavy atom. The van der Waals surface area contributed by atoms with Gasteiger partial charge in [0.25, 0.3) is 5.91 Å². The number of hydrogen-bond acceptors (Lipinski definition) is 4. The number of pyridine rings is 1. The van der Waals surface area contributed by atoms with E-state index >= 15 is 0 Å². The number of halogens is 2. The van der Waals surface area contributed by atoms with Crippen molar-refractivity contribution in [3.05, 3.63) is 28.0 Å². The Kier molecular flexibility index (Phi) is 6.01. The molecule has 1 rings (SSSR count). The van der Waals surface area contributed by atoms with E-state index in [0.29, 0.717) is 0 Å². The van der Waals surface area contributed by atoms with Gasteiger partial charge in [-0.25, -0.2) is 4.98 Å². The Labute approximate surface area is 119 Å². The number of hydrogen-bond donors (Lipinski definition) is 2. The molecule has 1 unspecified atom stereocenters. The molecule has 0 saturated carbocycles. The fraction of sp³-hybridized carbons (Fsp3) is 0.364. The summed E-state index contributed by atoms with van der Waals surface area (Å²) >= 11 is 11.5. The first-order valence-corrected chi connectivity index (χ1v) is 6.04. The molecule has 104 valence electrons. The summed E-state index contributed by atoms with van der Waals surface area (Å²) in [5, 5.41) is 11.4. The van der Waals surface area contributed by atoms with Crippen LogP contribution in [0, 0.1) is 0 Å². The molecule has 0 radical (unpaired) electrons. The van der Waals surface area contributed by atoms with Crippen LogP contribution in [0.4, 0.5) is 0 Å². The van der Waals surface area contributed by atoms with Gasteiger partial charge in [0.15, 0.2) is 0 Å². The second kappa shape index (κ2) is 7.28. The van der Waals surface area contributed by atoms with E-state index in [-0.39, 0.29) is 28.8 Å². The van der Waals surface area contributed by atoms with Crippen molar-refractivity contribution >= 4 is 35.1 Å². The quantitative estimate of drug-likeness (QED) is 0.779. The number of carbonyl (C=O) groups excluding carboxylic acids is 1. The molecule has 0 saturated heterocycles. The first-order chi connectivity index (χ1) is 8.93. The lowest BCUT2D eigenvalue weighted by Crippen LogP contribution is -2.35. The van der Waals surface area contributed by atoms with Crippen LogP contribution in [0.25, 0.3) is 0 Å². The first kappa shape index (κ1) is 15.7. The van der Waals surface area contributed by atoms with E-state index < -0.39 is 18.0 Å². The zero-order valence-electron chi connectivity index (χ0n) is 10.0. The van der Waals surface area contributed by atoms with Crippen molar-refractivity contribution in [3.63, 3.8) is 0 Å². The molecule has 2 N–H and O–H groups in total. The Bertz CT molecular complexity index is 482. The summed E-state index contributed by atoms with van der Waals surface area (Å²) in [6.45, 7) is 0.0339. The zero-order chi connectivity index (χ0) is 14.4. The molecule has 0 spiro atoms. The number of rotatable bonds is 6. The van der Waals surface area contributed by atoms with Crippen LogP contribution in [0.2, 0.25) is 10.2 Å². The molecule has 0 aliphatic heterocycles. The molecule has 1 aromatic heterocycles. The minimum atomic E-state index is -1.01. The second-order valence-corrected chi connectivity index (χ2v) is 4.42. The summed E-state index contributed by atoms with van der Waals surface area (Å²) < 4.78 is 4.93. The molecule has 0 bridgehead atoms. The first-order valence-electron chi connectivity index (χ1n) is 5.29. The van der Waals surface area contributed by atoms with Gasteiger partial charge in [-0.1, -0.05) is 23.2 Å². The van der Waals surface area contributed by atoms with E-state index in [1.807, 2.05) is 0 Å². The van der Waals surface area contributed by atoms with Crippen molar-refractivity contribution in [1.29, 1.82) is 0 Å². The van der Waals surface area contributed by atoms with Crippen molar-refractivity contribution in [2.45, 2.75) is 12.5 Å². The van der Waals surface area contributed by atoms with Gasteiger partial charge in [-0.3, -0.25) is 9.59 Å². The smallest absolute Gasteiger partial charge is 0.306 e. The van der Waals surface area contributed by atoms with Crippen molar-refractivity contribution in [2.24, 2.45) is 0 Å². The molecular weight excluding hydrogens is 295 g/mol. The Morgan fingerprint density at radius 2 is 2.16 bits per heavy atom. The normalized spacial score (nSPS) is 11.9. The third-order valence-corrected chi connectivity index (χ3v) is 2.77. The maximum atomic E-state index is 11.8. The summed E-state index contributed by atoms with van der Waals surface area (Å²) in [5.41, 5.74) is -0.0145. The van der Waals surface area contributed by atoms with Crippen LogP contribution < -0.4 is 5.32 Å². The number of amides is 1. The Balaban J connectivity index is 2.64. The van der Waals surface area contributed by atoms with Gasteiger partial charge in [0.05, 0.1) is 17.5 Å². The molecule has 8 heteroatoms. The van der Waals surface area contributed by atoms with E-state index in [2.05, 4.69) is 10.3 Å². The number of aromatic nitrogens is 1. The van der Waals surface area contributed by atoms with Crippen LogP contribution in [0.5, 0.6) is 0 Å². The molecule has 0 fully saturated rings. The number of aliphatic carboxylic acids is 1. The highest BCUT2D eigenvalue weighted by Gasteiger charge is 2.17. The summed E-state index contributed by atoms with van der Waals surface area (Å²) in [7, 11) is 1.37. The van der Waals surface area contributed by atoms with Gasteiger partial charge in [-0.15, -0.1) is 0 Å². The monoisotopic (exact) mass is 306 g/mol. The number of nitrogens with zero attached hydrogens (tertiary/aromatic N) is 1. The van der Waals surface area contributed by atoms with Crippen LogP contribution in [0.15, 0.2) is 12.1 Å². The van der Waals surface area contributed by atoms with E-state index in [4.69, 9.17) is 33.0 Å². The van der Waals surface area contributed by atoms with Crippen molar-refractivity contribution in [1.82, 2.24) is 10.3 Å². The van der Waals surface area contributed by atoms with Gasteiger partial charge < -0.3 is 15.2 Å². The van der Waals surface area contributed by atoms with Crippen LogP contribution >= 0.6 is 23.2 Å². The van der Waals surface area contributed by atoms with Crippen LogP contribution in [-0.2, 0) is 9.53 Å². The van der Waals surface area contributed by atoms with Crippen LogP contribution in [0.3, 0.4) is 0 Å². The third-order valence-electron chi connectivity index (χ3n) is 2.25. The highest BCUT2D eigenvalue weighted by Crippen LogP contribution is 2.16. The highest BCUT2D eigenvalue weighted by molar-refractivity contribution is 6.34. The van der Waals surface area contributed by atoms with Crippen LogP contribution in [0.1, 0.15) is 16.9 Å². The molecule has 1 atom stereocenters. The van der Waals surface area contributed by atoms with Gasteiger partial charge in [0.2, 0.25) is 0 Å². The van der Waals surface area contributed by atoms with E-state index in [1.165, 1.54) is 19.2 Å². The summed E-state index contributed by atoms with van der Waals surface area (Å²) in [4.78, 5) is 26.1. The lowest BCUT2D eigenvalue weighted by atomic mass is 10.2. The summed E-state index contributed by atoms with van der Waals surface area (Å²) in [6.07, 6.45) is -0.840. The highest BCUT2D eigenvalue weighted by atomic mass is 35.5. The molecule has 0 aliphatic rings. The van der Waals surface area contributed by atoms with Gasteiger partial charge in [-0.2, -0.15) is 0 Å². The molecular formula is C11H12Cl2N2O4. The molecule has 0 aromatic carbocycles. The summed E-state index contributed by atoms with van der Waals surface area (Å²) in [5.74, 6) is -1.56. The number of methoxy groups -OCH3 is 1. The number of carbonyl (C=O) groups is 2. The summed E-state index contributed by atoms with van der Waals surface area (Å²) in [6, 6.07) is 2.92. The number of nitrogens with one attached hydrogen (secondary N) is 1. The number of ether oxygens (including phenoxy) is 1. The van der Waals surface area contributed by atoms with Crippen molar-refractivity contribution in [3.8, 4) is 0 Å². The Hall–Kier alpha value is -1.37. The lowest BCUT2D eigenvalue weighted by Gasteiger charge is -2.14. The minimum absolute atomic E-state index is 0.0145. The maximum absolute atomic E-state index is 11.8. The minimum Gasteiger partial charge on any atom is -0.481 e. The molecule has 1 aromatic rings.